The molecule has 1 atom stereocenters. The number of sulfonamides is 1. The number of carbonyl (C=O) groups is 2. The molecular weight excluding hydrogens is 639 g/mol. The molecule has 0 saturated carbocycles. The van der Waals surface area contributed by atoms with Gasteiger partial charge in [-0.05, 0) is 76.5 Å². The molecule has 4 rings (SSSR count). The molecule has 3 heterocycles. The van der Waals surface area contributed by atoms with Crippen LogP contribution in [0.3, 0.4) is 0 Å². The van der Waals surface area contributed by atoms with Crippen LogP contribution in [0.4, 0.5) is 24.8 Å². The highest BCUT2D eigenvalue weighted by molar-refractivity contribution is 7.90. The molecule has 47 heavy (non-hydrogen) atoms. The topological polar surface area (TPSA) is 158 Å². The molecule has 0 bridgehead atoms. The summed E-state index contributed by atoms with van der Waals surface area (Å²) in [5.41, 5.74) is 0.674. The lowest BCUT2D eigenvalue weighted by atomic mass is 9.93. The van der Waals surface area contributed by atoms with Gasteiger partial charge in [-0.3, -0.25) is 9.59 Å². The molecule has 2 aliphatic heterocycles. The van der Waals surface area contributed by atoms with Crippen molar-refractivity contribution in [2.24, 2.45) is 5.92 Å². The second-order valence-electron chi connectivity index (χ2n) is 12.7. The first kappa shape index (κ1) is 35.9. The second-order valence-corrected chi connectivity index (χ2v) is 14.5. The molecule has 2 N–H and O–H groups in total. The van der Waals surface area contributed by atoms with Crippen molar-refractivity contribution in [3.05, 3.63) is 47.3 Å². The maximum absolute atomic E-state index is 13.8. The van der Waals surface area contributed by atoms with E-state index in [1.165, 1.54) is 6.07 Å². The fourth-order valence-electron chi connectivity index (χ4n) is 5.43. The van der Waals surface area contributed by atoms with Crippen LogP contribution in [0.5, 0.6) is 0 Å². The molecule has 1 aromatic carbocycles. The number of anilines is 2. The SMILES string of the molecule is CC(C)(C)OC(=O)CS(=O)(=O)NCCC1CCN(c2cc(N3CC[C@H]3C(=O)NCCc3ccc(C#N)cc3)nc(C(F)(F)F)n2)CC1. The third kappa shape index (κ3) is 10.5. The van der Waals surface area contributed by atoms with E-state index in [1.54, 1.807) is 54.8 Å². The zero-order valence-corrected chi connectivity index (χ0v) is 27.5. The second kappa shape index (κ2) is 14.8. The first-order valence-corrected chi connectivity index (χ1v) is 17.1. The number of amides is 1. The van der Waals surface area contributed by atoms with E-state index in [0.29, 0.717) is 63.8 Å². The number of aromatic nitrogens is 2. The smallest absolute Gasteiger partial charge is 0.451 e. The van der Waals surface area contributed by atoms with Crippen molar-refractivity contribution in [1.29, 1.82) is 5.26 Å². The molecule has 0 unspecified atom stereocenters. The summed E-state index contributed by atoms with van der Waals surface area (Å²) in [5.74, 6) is -2.94. The van der Waals surface area contributed by atoms with Crippen molar-refractivity contribution < 1.29 is 35.9 Å². The molecule has 0 spiro atoms. The van der Waals surface area contributed by atoms with E-state index in [1.807, 2.05) is 6.07 Å². The molecule has 16 heteroatoms. The summed E-state index contributed by atoms with van der Waals surface area (Å²) < 4.78 is 73.6. The third-order valence-corrected chi connectivity index (χ3v) is 9.17. The van der Waals surface area contributed by atoms with Gasteiger partial charge in [-0.1, -0.05) is 12.1 Å². The minimum atomic E-state index is -4.79. The first-order valence-electron chi connectivity index (χ1n) is 15.5. The number of piperidine rings is 1. The van der Waals surface area contributed by atoms with Crippen LogP contribution in [0.1, 0.15) is 63.4 Å². The highest BCUT2D eigenvalue weighted by atomic mass is 32.2. The molecule has 1 aromatic heterocycles. The summed E-state index contributed by atoms with van der Waals surface area (Å²) >= 11 is 0. The van der Waals surface area contributed by atoms with Crippen LogP contribution in [0.2, 0.25) is 0 Å². The molecule has 2 aliphatic rings. The highest BCUT2D eigenvalue weighted by Crippen LogP contribution is 2.34. The molecule has 12 nitrogen and oxygen atoms in total. The van der Waals surface area contributed by atoms with E-state index in [4.69, 9.17) is 10.00 Å². The van der Waals surface area contributed by atoms with Gasteiger partial charge in [0, 0.05) is 38.8 Å². The molecule has 0 aliphatic carbocycles. The summed E-state index contributed by atoms with van der Waals surface area (Å²) in [4.78, 5) is 35.7. The van der Waals surface area contributed by atoms with Crippen LogP contribution in [0.15, 0.2) is 30.3 Å². The minimum Gasteiger partial charge on any atom is -0.459 e. The minimum absolute atomic E-state index is 0.0299. The average Bonchev–Trinajstić information content (AvgIpc) is 2.95. The van der Waals surface area contributed by atoms with E-state index in [9.17, 15) is 31.2 Å². The van der Waals surface area contributed by atoms with Crippen molar-refractivity contribution in [2.75, 3.05) is 48.3 Å². The van der Waals surface area contributed by atoms with E-state index in [2.05, 4.69) is 20.0 Å². The van der Waals surface area contributed by atoms with Gasteiger partial charge in [0.1, 0.15) is 23.3 Å². The predicted octanol–water partition coefficient (Wildman–Crippen LogP) is 3.17. The summed E-state index contributed by atoms with van der Waals surface area (Å²) in [5, 5.41) is 11.8. The number of halogens is 3. The van der Waals surface area contributed by atoms with Crippen molar-refractivity contribution in [3.63, 3.8) is 0 Å². The third-order valence-electron chi connectivity index (χ3n) is 7.91. The molecule has 2 fully saturated rings. The van der Waals surface area contributed by atoms with Gasteiger partial charge in [0.25, 0.3) is 0 Å². The Balaban J connectivity index is 1.31. The van der Waals surface area contributed by atoms with Crippen molar-refractivity contribution in [3.8, 4) is 6.07 Å². The maximum Gasteiger partial charge on any atom is 0.451 e. The molecular formula is C31H40F3N7O5S. The number of hydrogen-bond donors (Lipinski definition) is 2. The van der Waals surface area contributed by atoms with Gasteiger partial charge in [-0.15, -0.1) is 0 Å². The molecule has 2 aromatic rings. The molecule has 256 valence electrons. The Hall–Kier alpha value is -3.97. The molecule has 2 saturated heterocycles. The van der Waals surface area contributed by atoms with Gasteiger partial charge in [0.2, 0.25) is 21.8 Å². The standard InChI is InChI=1S/C31H40F3N7O5S/c1-30(2,3)46-27(42)20-47(44,45)37-14-9-22-10-15-40(16-11-22)25-18-26(39-29(38-25)31(32,33)34)41-17-12-24(41)28(43)36-13-8-21-4-6-23(19-35)7-5-21/h4-7,18,22,24,37H,8-17,20H2,1-3H3,(H,36,43)/t24-/m0/s1. The van der Waals surface area contributed by atoms with Crippen molar-refractivity contribution in [1.82, 2.24) is 20.0 Å². The number of hydrogen-bond acceptors (Lipinski definition) is 10. The summed E-state index contributed by atoms with van der Waals surface area (Å²) in [6.45, 7) is 6.57. The Bertz CT molecular complexity index is 1570. The van der Waals surface area contributed by atoms with Crippen LogP contribution < -0.4 is 19.8 Å². The lowest BCUT2D eigenvalue weighted by molar-refractivity contribution is -0.151. The van der Waals surface area contributed by atoms with Gasteiger partial charge >= 0.3 is 12.1 Å². The lowest BCUT2D eigenvalue weighted by Gasteiger charge is -2.41. The number of rotatable bonds is 12. The van der Waals surface area contributed by atoms with Crippen molar-refractivity contribution >= 4 is 33.5 Å². The predicted molar refractivity (Wildman–Crippen MR) is 168 cm³/mol. The maximum atomic E-state index is 13.8. The van der Waals surface area contributed by atoms with Crippen LogP contribution >= 0.6 is 0 Å². The van der Waals surface area contributed by atoms with E-state index >= 15 is 0 Å². The normalized spacial score (nSPS) is 17.5. The van der Waals surface area contributed by atoms with Gasteiger partial charge < -0.3 is 19.9 Å². The Morgan fingerprint density at radius 3 is 2.26 bits per heavy atom. The Kier molecular flexibility index (Phi) is 11.3. The fourth-order valence-corrected chi connectivity index (χ4v) is 6.33. The van der Waals surface area contributed by atoms with Crippen molar-refractivity contribution in [2.45, 2.75) is 70.7 Å². The van der Waals surface area contributed by atoms with Crippen LogP contribution in [-0.2, 0) is 36.9 Å². The number of nitrogens with one attached hydrogen (secondary N) is 2. The average molecular weight is 680 g/mol. The van der Waals surface area contributed by atoms with Gasteiger partial charge in [0.15, 0.2) is 5.75 Å². The lowest BCUT2D eigenvalue weighted by Crippen LogP contribution is -2.57. The highest BCUT2D eigenvalue weighted by Gasteiger charge is 2.40. The number of nitriles is 1. The summed E-state index contributed by atoms with van der Waals surface area (Å²) in [6, 6.07) is 9.87. The number of benzene rings is 1. The van der Waals surface area contributed by atoms with Gasteiger partial charge in [-0.2, -0.15) is 18.4 Å². The fraction of sp³-hybridized carbons (Fsp3) is 0.581. The summed E-state index contributed by atoms with van der Waals surface area (Å²) in [7, 11) is -3.87. The van der Waals surface area contributed by atoms with E-state index in [-0.39, 0.29) is 30.0 Å². The molecule has 0 radical (unpaired) electrons. The number of esters is 1. The van der Waals surface area contributed by atoms with E-state index in [0.717, 1.165) is 5.56 Å². The Morgan fingerprint density at radius 2 is 1.68 bits per heavy atom. The Morgan fingerprint density at radius 1 is 1.02 bits per heavy atom. The number of carbonyl (C=O) groups excluding carboxylic acids is 2. The zero-order chi connectivity index (χ0) is 34.4. The largest absolute Gasteiger partial charge is 0.459 e. The number of alkyl halides is 3. The Labute approximate surface area is 272 Å². The number of nitrogens with zero attached hydrogens (tertiary/aromatic N) is 5. The van der Waals surface area contributed by atoms with Crippen LogP contribution in [0.25, 0.3) is 0 Å². The van der Waals surface area contributed by atoms with Crippen LogP contribution in [-0.4, -0.2) is 80.4 Å². The first-order chi connectivity index (χ1) is 22.0. The summed E-state index contributed by atoms with van der Waals surface area (Å²) in [6.07, 6.45) is -2.08. The van der Waals surface area contributed by atoms with Crippen LogP contribution in [0, 0.1) is 17.2 Å². The zero-order valence-electron chi connectivity index (χ0n) is 26.6. The quantitative estimate of drug-likeness (QED) is 0.320. The molecule has 1 amide bonds. The number of ether oxygens (including phenoxy) is 1. The monoisotopic (exact) mass is 679 g/mol. The van der Waals surface area contributed by atoms with Gasteiger partial charge in [-0.25, -0.2) is 23.1 Å². The van der Waals surface area contributed by atoms with Gasteiger partial charge in [0.05, 0.1) is 11.6 Å². The van der Waals surface area contributed by atoms with E-state index < -0.39 is 45.4 Å².